The van der Waals surface area contributed by atoms with Crippen LogP contribution in [-0.4, -0.2) is 29.2 Å². The molecule has 0 bridgehead atoms. The fraction of sp³-hybridized carbons (Fsp3) is 0.211. The number of aromatic nitrogens is 2. The Kier molecular flexibility index (Phi) is 4.79. The van der Waals surface area contributed by atoms with Gasteiger partial charge in [-0.15, -0.1) is 0 Å². The van der Waals surface area contributed by atoms with Crippen LogP contribution in [-0.2, 0) is 9.53 Å². The highest BCUT2D eigenvalue weighted by molar-refractivity contribution is 6.04. The molecule has 6 heteroatoms. The third kappa shape index (κ3) is 3.38. The molecule has 1 heterocycles. The largest absolute Gasteiger partial charge is 0.464 e. The molecular weight excluding hydrogens is 318 g/mol. The molecule has 0 aliphatic rings. The first-order chi connectivity index (χ1) is 12.1. The molecule has 0 radical (unpaired) electrons. The zero-order valence-corrected chi connectivity index (χ0v) is 14.1. The van der Waals surface area contributed by atoms with Gasteiger partial charge in [-0.2, -0.15) is 5.10 Å². The summed E-state index contributed by atoms with van der Waals surface area (Å²) in [6.07, 6.45) is 0.692. The van der Waals surface area contributed by atoms with Crippen molar-refractivity contribution >= 4 is 28.5 Å². The van der Waals surface area contributed by atoms with Crippen LogP contribution in [0.5, 0.6) is 0 Å². The van der Waals surface area contributed by atoms with Crippen LogP contribution in [0.15, 0.2) is 48.5 Å². The number of carbonyl (C=O) groups is 2. The third-order valence-corrected chi connectivity index (χ3v) is 4.14. The van der Waals surface area contributed by atoms with Crippen LogP contribution in [0.2, 0.25) is 0 Å². The number of methoxy groups -OCH3 is 1. The smallest absolute Gasteiger partial charge is 0.359 e. The normalized spacial score (nSPS) is 11.9. The van der Waals surface area contributed by atoms with E-state index < -0.39 is 5.97 Å². The number of nitrogens with one attached hydrogen (secondary N) is 2. The zero-order valence-electron chi connectivity index (χ0n) is 14.1. The second kappa shape index (κ2) is 7.17. The Labute approximate surface area is 145 Å². The minimum Gasteiger partial charge on any atom is -0.464 e. The monoisotopic (exact) mass is 337 g/mol. The minimum absolute atomic E-state index is 0.0869. The summed E-state index contributed by atoms with van der Waals surface area (Å²) in [7, 11) is 1.31. The Bertz CT molecular complexity index is 903. The molecule has 128 valence electrons. The van der Waals surface area contributed by atoms with E-state index in [1.165, 1.54) is 7.11 Å². The van der Waals surface area contributed by atoms with Gasteiger partial charge in [-0.05, 0) is 30.2 Å². The fourth-order valence-electron chi connectivity index (χ4n) is 2.83. The van der Waals surface area contributed by atoms with Gasteiger partial charge in [0.05, 0.1) is 18.5 Å². The number of hydrogen-bond donors (Lipinski definition) is 2. The van der Waals surface area contributed by atoms with Crippen molar-refractivity contribution < 1.29 is 14.3 Å². The lowest BCUT2D eigenvalue weighted by atomic mass is 9.95. The number of anilines is 1. The number of aromatic amines is 1. The molecule has 3 aromatic rings. The van der Waals surface area contributed by atoms with Gasteiger partial charge in [0.2, 0.25) is 5.91 Å². The SMILES string of the molecule is CCC(C(=O)Nc1ccc2[nH]nc(C(=O)OC)c2c1)c1ccccc1. The number of hydrogen-bond acceptors (Lipinski definition) is 4. The van der Waals surface area contributed by atoms with Crippen molar-refractivity contribution in [3.05, 3.63) is 59.8 Å². The fourth-order valence-corrected chi connectivity index (χ4v) is 2.83. The van der Waals surface area contributed by atoms with Crippen LogP contribution in [0.4, 0.5) is 5.69 Å². The van der Waals surface area contributed by atoms with Crippen molar-refractivity contribution in [3.63, 3.8) is 0 Å². The summed E-state index contributed by atoms with van der Waals surface area (Å²) in [6, 6.07) is 14.9. The molecule has 0 fully saturated rings. The topological polar surface area (TPSA) is 84.1 Å². The molecular formula is C19H19N3O3. The number of nitrogens with zero attached hydrogens (tertiary/aromatic N) is 1. The van der Waals surface area contributed by atoms with Gasteiger partial charge in [-0.25, -0.2) is 4.79 Å². The summed E-state index contributed by atoms with van der Waals surface area (Å²) in [5.74, 6) is -0.845. The number of H-pyrrole nitrogens is 1. The van der Waals surface area contributed by atoms with E-state index in [4.69, 9.17) is 4.74 Å². The van der Waals surface area contributed by atoms with Gasteiger partial charge in [0.1, 0.15) is 0 Å². The van der Waals surface area contributed by atoms with Gasteiger partial charge < -0.3 is 10.1 Å². The first-order valence-electron chi connectivity index (χ1n) is 8.06. The molecule has 25 heavy (non-hydrogen) atoms. The van der Waals surface area contributed by atoms with Crippen molar-refractivity contribution in [2.75, 3.05) is 12.4 Å². The van der Waals surface area contributed by atoms with Gasteiger partial charge in [-0.3, -0.25) is 9.89 Å². The second-order valence-corrected chi connectivity index (χ2v) is 5.68. The Balaban J connectivity index is 1.87. The van der Waals surface area contributed by atoms with Gasteiger partial charge in [0, 0.05) is 11.1 Å². The molecule has 0 spiro atoms. The molecule has 6 nitrogen and oxygen atoms in total. The maximum Gasteiger partial charge on any atom is 0.359 e. The van der Waals surface area contributed by atoms with Crippen molar-refractivity contribution in [3.8, 4) is 0 Å². The van der Waals surface area contributed by atoms with Crippen LogP contribution in [0.1, 0.15) is 35.3 Å². The summed E-state index contributed by atoms with van der Waals surface area (Å²) >= 11 is 0. The summed E-state index contributed by atoms with van der Waals surface area (Å²) in [6.45, 7) is 1.98. The van der Waals surface area contributed by atoms with Crippen molar-refractivity contribution in [2.45, 2.75) is 19.3 Å². The average Bonchev–Trinajstić information content (AvgIpc) is 3.06. The lowest BCUT2D eigenvalue weighted by molar-refractivity contribution is -0.117. The van der Waals surface area contributed by atoms with E-state index >= 15 is 0 Å². The van der Waals surface area contributed by atoms with Gasteiger partial charge in [0.15, 0.2) is 5.69 Å². The van der Waals surface area contributed by atoms with Crippen LogP contribution in [0.3, 0.4) is 0 Å². The van der Waals surface area contributed by atoms with Gasteiger partial charge in [0.25, 0.3) is 0 Å². The number of ether oxygens (including phenoxy) is 1. The van der Waals surface area contributed by atoms with Gasteiger partial charge in [-0.1, -0.05) is 37.3 Å². The van der Waals surface area contributed by atoms with Crippen LogP contribution >= 0.6 is 0 Å². The number of rotatable bonds is 5. The Hall–Kier alpha value is -3.15. The maximum absolute atomic E-state index is 12.7. The first-order valence-corrected chi connectivity index (χ1v) is 8.06. The Morgan fingerprint density at radius 1 is 1.20 bits per heavy atom. The maximum atomic E-state index is 12.7. The predicted octanol–water partition coefficient (Wildman–Crippen LogP) is 3.48. The van der Waals surface area contributed by atoms with E-state index in [0.29, 0.717) is 23.0 Å². The van der Waals surface area contributed by atoms with Crippen molar-refractivity contribution in [2.24, 2.45) is 0 Å². The molecule has 2 N–H and O–H groups in total. The Morgan fingerprint density at radius 2 is 1.96 bits per heavy atom. The highest BCUT2D eigenvalue weighted by atomic mass is 16.5. The first kappa shape index (κ1) is 16.7. The molecule has 1 unspecified atom stereocenters. The molecule has 1 atom stereocenters. The summed E-state index contributed by atoms with van der Waals surface area (Å²) in [4.78, 5) is 24.4. The van der Waals surface area contributed by atoms with E-state index in [2.05, 4.69) is 15.5 Å². The number of esters is 1. The standard InChI is InChI=1S/C19H19N3O3/c1-3-14(12-7-5-4-6-8-12)18(23)20-13-9-10-16-15(11-13)17(22-21-16)19(24)25-2/h4-11,14H,3H2,1-2H3,(H,20,23)(H,21,22). The lowest BCUT2D eigenvalue weighted by Gasteiger charge is -2.15. The quantitative estimate of drug-likeness (QED) is 0.698. The van der Waals surface area contributed by atoms with Crippen molar-refractivity contribution in [1.82, 2.24) is 10.2 Å². The number of amides is 1. The van der Waals surface area contributed by atoms with E-state index in [0.717, 1.165) is 5.56 Å². The molecule has 1 amide bonds. The molecule has 0 aliphatic carbocycles. The molecule has 3 rings (SSSR count). The molecule has 0 saturated carbocycles. The molecule has 0 saturated heterocycles. The lowest BCUT2D eigenvalue weighted by Crippen LogP contribution is -2.20. The van der Waals surface area contributed by atoms with E-state index in [9.17, 15) is 9.59 Å². The molecule has 0 aliphatic heterocycles. The van der Waals surface area contributed by atoms with Crippen LogP contribution in [0.25, 0.3) is 10.9 Å². The molecule has 2 aromatic carbocycles. The zero-order chi connectivity index (χ0) is 17.8. The number of benzene rings is 2. The van der Waals surface area contributed by atoms with Crippen LogP contribution in [0, 0.1) is 0 Å². The third-order valence-electron chi connectivity index (χ3n) is 4.14. The summed E-state index contributed by atoms with van der Waals surface area (Å²) in [5, 5.41) is 10.3. The summed E-state index contributed by atoms with van der Waals surface area (Å²) < 4.78 is 4.73. The summed E-state index contributed by atoms with van der Waals surface area (Å²) in [5.41, 5.74) is 2.48. The minimum atomic E-state index is -0.523. The number of fused-ring (bicyclic) bond motifs is 1. The van der Waals surface area contributed by atoms with Crippen molar-refractivity contribution in [1.29, 1.82) is 0 Å². The van der Waals surface area contributed by atoms with E-state index in [1.807, 2.05) is 37.3 Å². The second-order valence-electron chi connectivity index (χ2n) is 5.68. The average molecular weight is 337 g/mol. The predicted molar refractivity (Wildman–Crippen MR) is 95.5 cm³/mol. The highest BCUT2D eigenvalue weighted by Gasteiger charge is 2.20. The van der Waals surface area contributed by atoms with Crippen LogP contribution < -0.4 is 5.32 Å². The van der Waals surface area contributed by atoms with E-state index in [-0.39, 0.29) is 17.5 Å². The Morgan fingerprint density at radius 3 is 2.64 bits per heavy atom. The molecule has 1 aromatic heterocycles. The highest BCUT2D eigenvalue weighted by Crippen LogP contribution is 2.24. The van der Waals surface area contributed by atoms with Gasteiger partial charge >= 0.3 is 5.97 Å². The van der Waals surface area contributed by atoms with E-state index in [1.54, 1.807) is 18.2 Å². The number of carbonyl (C=O) groups excluding carboxylic acids is 2.